The van der Waals surface area contributed by atoms with Gasteiger partial charge in [0.1, 0.15) is 5.56 Å². The molecule has 1 aromatic rings. The summed E-state index contributed by atoms with van der Waals surface area (Å²) in [6.45, 7) is 3.92. The minimum atomic E-state index is -1.19. The first-order chi connectivity index (χ1) is 7.57. The Labute approximate surface area is 93.5 Å². The van der Waals surface area contributed by atoms with Crippen LogP contribution in [0.2, 0.25) is 0 Å². The van der Waals surface area contributed by atoms with Crippen LogP contribution in [0.3, 0.4) is 0 Å². The van der Waals surface area contributed by atoms with Crippen molar-refractivity contribution in [2.45, 2.75) is 26.8 Å². The molecule has 0 aliphatic rings. The van der Waals surface area contributed by atoms with Crippen LogP contribution in [-0.2, 0) is 6.54 Å². The van der Waals surface area contributed by atoms with Crippen LogP contribution < -0.4 is 5.56 Å². The molecule has 1 heterocycles. The van der Waals surface area contributed by atoms with E-state index < -0.39 is 11.5 Å². The van der Waals surface area contributed by atoms with E-state index >= 15 is 0 Å². The number of hydrogen-bond acceptors (Lipinski definition) is 2. The molecular formula is C12H13NO3. The van der Waals surface area contributed by atoms with Crippen LogP contribution >= 0.6 is 0 Å². The van der Waals surface area contributed by atoms with E-state index in [9.17, 15) is 9.59 Å². The maximum absolute atomic E-state index is 11.8. The van der Waals surface area contributed by atoms with Crippen molar-refractivity contribution >= 4 is 5.97 Å². The zero-order valence-corrected chi connectivity index (χ0v) is 9.28. The predicted octanol–water partition coefficient (Wildman–Crippen LogP) is 1.27. The number of nitrogens with zero attached hydrogens (tertiary/aromatic N) is 1. The summed E-state index contributed by atoms with van der Waals surface area (Å²) in [5.74, 6) is 4.38. The molecule has 0 amide bonds. The Morgan fingerprint density at radius 1 is 1.50 bits per heavy atom. The molecule has 0 aliphatic heterocycles. The van der Waals surface area contributed by atoms with Gasteiger partial charge < -0.3 is 9.67 Å². The smallest absolute Gasteiger partial charge is 0.341 e. The van der Waals surface area contributed by atoms with Gasteiger partial charge in [0, 0.05) is 18.7 Å². The molecule has 0 atom stereocenters. The summed E-state index contributed by atoms with van der Waals surface area (Å²) in [5.41, 5.74) is 0.0772. The minimum absolute atomic E-state index is 0.199. The molecule has 0 fully saturated rings. The van der Waals surface area contributed by atoms with Crippen molar-refractivity contribution < 1.29 is 9.90 Å². The first kappa shape index (κ1) is 12.1. The van der Waals surface area contributed by atoms with Crippen molar-refractivity contribution in [3.05, 3.63) is 33.7 Å². The third-order valence-electron chi connectivity index (χ3n) is 2.26. The van der Waals surface area contributed by atoms with Crippen molar-refractivity contribution in [1.29, 1.82) is 0 Å². The molecule has 0 aliphatic carbocycles. The molecule has 0 saturated heterocycles. The van der Waals surface area contributed by atoms with E-state index in [1.165, 1.54) is 10.6 Å². The summed E-state index contributed by atoms with van der Waals surface area (Å²) in [5, 5.41) is 8.81. The van der Waals surface area contributed by atoms with E-state index in [1.54, 1.807) is 19.9 Å². The number of carbonyl (C=O) groups is 1. The van der Waals surface area contributed by atoms with Crippen LogP contribution in [-0.4, -0.2) is 15.6 Å². The van der Waals surface area contributed by atoms with Crippen LogP contribution in [0.4, 0.5) is 0 Å². The lowest BCUT2D eigenvalue weighted by Crippen LogP contribution is -2.27. The van der Waals surface area contributed by atoms with E-state index in [1.807, 2.05) is 0 Å². The van der Waals surface area contributed by atoms with Gasteiger partial charge >= 0.3 is 5.97 Å². The predicted molar refractivity (Wildman–Crippen MR) is 60.5 cm³/mol. The lowest BCUT2D eigenvalue weighted by atomic mass is 10.2. The summed E-state index contributed by atoms with van der Waals surface area (Å²) in [6.07, 6.45) is 0.542. The standard InChI is InChI=1S/C12H13NO3/c1-3-4-5-8-13-9(2)6-7-10(11(13)14)12(15)16/h6-7H,5,8H2,1-2H3,(H,15,16). The van der Waals surface area contributed by atoms with Gasteiger partial charge in [0.05, 0.1) is 0 Å². The number of aryl methyl sites for hydroxylation is 1. The third kappa shape index (κ3) is 2.51. The monoisotopic (exact) mass is 219 g/mol. The van der Waals surface area contributed by atoms with Gasteiger partial charge in [-0.25, -0.2) is 4.79 Å². The fourth-order valence-electron chi connectivity index (χ4n) is 1.40. The van der Waals surface area contributed by atoms with E-state index in [0.717, 1.165) is 5.69 Å². The highest BCUT2D eigenvalue weighted by molar-refractivity contribution is 5.87. The molecule has 4 nitrogen and oxygen atoms in total. The minimum Gasteiger partial charge on any atom is -0.477 e. The molecule has 16 heavy (non-hydrogen) atoms. The van der Waals surface area contributed by atoms with Crippen LogP contribution in [0.15, 0.2) is 16.9 Å². The van der Waals surface area contributed by atoms with Gasteiger partial charge in [-0.3, -0.25) is 4.79 Å². The molecule has 0 aromatic carbocycles. The zero-order valence-electron chi connectivity index (χ0n) is 9.28. The quantitative estimate of drug-likeness (QED) is 0.779. The average molecular weight is 219 g/mol. The SMILES string of the molecule is CC#CCCn1c(C)ccc(C(=O)O)c1=O. The molecule has 0 spiro atoms. The van der Waals surface area contributed by atoms with Crippen molar-refractivity contribution in [3.8, 4) is 11.8 Å². The van der Waals surface area contributed by atoms with Crippen LogP contribution in [0.25, 0.3) is 0 Å². The van der Waals surface area contributed by atoms with E-state index in [-0.39, 0.29) is 5.56 Å². The molecular weight excluding hydrogens is 206 g/mol. The number of pyridine rings is 1. The van der Waals surface area contributed by atoms with E-state index in [2.05, 4.69) is 11.8 Å². The molecule has 0 unspecified atom stereocenters. The first-order valence-electron chi connectivity index (χ1n) is 4.91. The van der Waals surface area contributed by atoms with Gasteiger partial charge in [0.2, 0.25) is 0 Å². The van der Waals surface area contributed by atoms with Gasteiger partial charge in [0.15, 0.2) is 0 Å². The molecule has 1 N–H and O–H groups in total. The summed E-state index contributed by atoms with van der Waals surface area (Å²) in [6, 6.07) is 2.96. The normalized spacial score (nSPS) is 9.38. The van der Waals surface area contributed by atoms with E-state index in [0.29, 0.717) is 13.0 Å². The van der Waals surface area contributed by atoms with Crippen molar-refractivity contribution in [2.75, 3.05) is 0 Å². The number of aromatic carboxylic acids is 1. The van der Waals surface area contributed by atoms with Crippen molar-refractivity contribution in [2.24, 2.45) is 0 Å². The largest absolute Gasteiger partial charge is 0.477 e. The lowest BCUT2D eigenvalue weighted by Gasteiger charge is -2.08. The molecule has 1 rings (SSSR count). The fourth-order valence-corrected chi connectivity index (χ4v) is 1.40. The summed E-state index contributed by atoms with van der Waals surface area (Å²) in [4.78, 5) is 22.5. The Morgan fingerprint density at radius 3 is 2.75 bits per heavy atom. The summed E-state index contributed by atoms with van der Waals surface area (Å²) < 4.78 is 1.44. The fraction of sp³-hybridized carbons (Fsp3) is 0.333. The van der Waals surface area contributed by atoms with E-state index in [4.69, 9.17) is 5.11 Å². The lowest BCUT2D eigenvalue weighted by molar-refractivity contribution is 0.0694. The Kier molecular flexibility index (Phi) is 3.90. The number of carboxylic acid groups (broad SMARTS) is 1. The molecule has 0 bridgehead atoms. The number of carboxylic acids is 1. The average Bonchev–Trinajstić information content (AvgIpc) is 2.22. The molecule has 84 valence electrons. The Hall–Kier alpha value is -2.02. The van der Waals surface area contributed by atoms with Gasteiger partial charge in [-0.05, 0) is 26.0 Å². The molecule has 0 saturated carbocycles. The second kappa shape index (κ2) is 5.17. The Bertz CT molecular complexity index is 517. The van der Waals surface area contributed by atoms with Gasteiger partial charge in [-0.2, -0.15) is 0 Å². The van der Waals surface area contributed by atoms with Gasteiger partial charge in [-0.1, -0.05) is 0 Å². The second-order valence-electron chi connectivity index (χ2n) is 3.33. The Balaban J connectivity index is 3.15. The molecule has 0 radical (unpaired) electrons. The highest BCUT2D eigenvalue weighted by atomic mass is 16.4. The van der Waals surface area contributed by atoms with Crippen LogP contribution in [0, 0.1) is 18.8 Å². The number of rotatable bonds is 3. The summed E-state index contributed by atoms with van der Waals surface area (Å²) >= 11 is 0. The second-order valence-corrected chi connectivity index (χ2v) is 3.33. The first-order valence-corrected chi connectivity index (χ1v) is 4.91. The zero-order chi connectivity index (χ0) is 12.1. The van der Waals surface area contributed by atoms with Crippen LogP contribution in [0.5, 0.6) is 0 Å². The molecule has 1 aromatic heterocycles. The Morgan fingerprint density at radius 2 is 2.19 bits per heavy atom. The van der Waals surface area contributed by atoms with Crippen molar-refractivity contribution in [1.82, 2.24) is 4.57 Å². The highest BCUT2D eigenvalue weighted by Gasteiger charge is 2.11. The highest BCUT2D eigenvalue weighted by Crippen LogP contribution is 1.99. The van der Waals surface area contributed by atoms with Crippen LogP contribution in [0.1, 0.15) is 29.4 Å². The van der Waals surface area contributed by atoms with Gasteiger partial charge in [0.25, 0.3) is 5.56 Å². The third-order valence-corrected chi connectivity index (χ3v) is 2.26. The maximum Gasteiger partial charge on any atom is 0.341 e. The topological polar surface area (TPSA) is 59.3 Å². The summed E-state index contributed by atoms with van der Waals surface area (Å²) in [7, 11) is 0. The van der Waals surface area contributed by atoms with Crippen molar-refractivity contribution in [3.63, 3.8) is 0 Å². The number of hydrogen-bond donors (Lipinski definition) is 1. The van der Waals surface area contributed by atoms with Gasteiger partial charge in [-0.15, -0.1) is 11.8 Å². The maximum atomic E-state index is 11.8. The number of aromatic nitrogens is 1. The molecule has 4 heteroatoms.